The highest BCUT2D eigenvalue weighted by Crippen LogP contribution is 2.28. The molecule has 6 heteroatoms. The topological polar surface area (TPSA) is 62.5 Å². The normalized spacial score (nSPS) is 16.9. The third-order valence-electron chi connectivity index (χ3n) is 5.69. The van der Waals surface area contributed by atoms with Crippen molar-refractivity contribution in [3.8, 4) is 0 Å². The van der Waals surface area contributed by atoms with Gasteiger partial charge in [-0.25, -0.2) is 0 Å². The van der Waals surface area contributed by atoms with E-state index in [-0.39, 0.29) is 5.91 Å². The molecule has 0 bridgehead atoms. The number of carbonyl (C=O) groups is 1. The van der Waals surface area contributed by atoms with Crippen molar-refractivity contribution in [2.24, 2.45) is 5.92 Å². The Kier molecular flexibility index (Phi) is 6.08. The quantitative estimate of drug-likeness (QED) is 0.610. The number of piperidine rings is 1. The van der Waals surface area contributed by atoms with Gasteiger partial charge in [0, 0.05) is 51.4 Å². The second-order valence-corrected chi connectivity index (χ2v) is 7.84. The van der Waals surface area contributed by atoms with Gasteiger partial charge in [0.1, 0.15) is 5.52 Å². The summed E-state index contributed by atoms with van der Waals surface area (Å²) >= 11 is 0. The Balaban J connectivity index is 1.26. The van der Waals surface area contributed by atoms with Crippen molar-refractivity contribution < 1.29 is 9.21 Å². The first-order valence-electron chi connectivity index (χ1n) is 10.4. The summed E-state index contributed by atoms with van der Waals surface area (Å²) < 4.78 is 5.93. The zero-order valence-corrected chi connectivity index (χ0v) is 17.0. The highest BCUT2D eigenvalue weighted by Gasteiger charge is 2.24. The zero-order chi connectivity index (χ0) is 20.1. The molecule has 4 rings (SSSR count). The van der Waals surface area contributed by atoms with E-state index in [1.807, 2.05) is 54.4 Å². The van der Waals surface area contributed by atoms with E-state index in [9.17, 15) is 4.79 Å². The summed E-state index contributed by atoms with van der Waals surface area (Å²) in [7, 11) is 1.89. The van der Waals surface area contributed by atoms with Crippen LogP contribution in [0.15, 0.2) is 53.1 Å². The maximum absolute atomic E-state index is 12.5. The molecule has 1 aromatic carbocycles. The minimum Gasteiger partial charge on any atom is -0.423 e. The molecular weight excluding hydrogens is 364 g/mol. The van der Waals surface area contributed by atoms with Gasteiger partial charge >= 0.3 is 0 Å². The number of rotatable bonds is 7. The Labute approximate surface area is 171 Å². The van der Waals surface area contributed by atoms with Gasteiger partial charge in [0.15, 0.2) is 5.58 Å². The first-order chi connectivity index (χ1) is 14.2. The molecule has 1 amide bonds. The molecule has 0 spiro atoms. The average Bonchev–Trinajstić information content (AvgIpc) is 3.21. The Morgan fingerprint density at radius 1 is 1.24 bits per heavy atom. The maximum Gasteiger partial charge on any atom is 0.298 e. The summed E-state index contributed by atoms with van der Waals surface area (Å²) in [6, 6.07) is 14.5. The molecule has 0 saturated carbocycles. The molecule has 0 aliphatic carbocycles. The second kappa shape index (κ2) is 9.07. The molecule has 1 fully saturated rings. The second-order valence-electron chi connectivity index (χ2n) is 7.84. The first kappa shape index (κ1) is 19.4. The molecular formula is C23H28N4O2. The van der Waals surface area contributed by atoms with Crippen molar-refractivity contribution in [1.29, 1.82) is 0 Å². The molecule has 3 heterocycles. The van der Waals surface area contributed by atoms with Crippen molar-refractivity contribution in [3.05, 3.63) is 54.4 Å². The van der Waals surface area contributed by atoms with Crippen LogP contribution in [-0.4, -0.2) is 47.5 Å². The molecule has 2 aromatic heterocycles. The van der Waals surface area contributed by atoms with Gasteiger partial charge in [0.2, 0.25) is 5.91 Å². The molecule has 1 saturated heterocycles. The highest BCUT2D eigenvalue weighted by atomic mass is 16.4. The lowest BCUT2D eigenvalue weighted by molar-refractivity contribution is -0.130. The number of amides is 1. The van der Waals surface area contributed by atoms with E-state index in [1.54, 1.807) is 6.20 Å². The molecule has 29 heavy (non-hydrogen) atoms. The zero-order valence-electron chi connectivity index (χ0n) is 17.0. The Bertz CT molecular complexity index is 907. The number of likely N-dealkylation sites (N-methyl/N-ethyl adjacent to an activating group) is 1. The van der Waals surface area contributed by atoms with E-state index >= 15 is 0 Å². The fourth-order valence-corrected chi connectivity index (χ4v) is 3.94. The van der Waals surface area contributed by atoms with E-state index in [1.165, 1.54) is 0 Å². The predicted molar refractivity (Wildman–Crippen MR) is 114 cm³/mol. The Hall–Kier alpha value is -2.89. The number of nitrogens with zero attached hydrogens (tertiary/aromatic N) is 4. The SMILES string of the molecule is CN(CCc1ccccn1)C(=O)CC[C@H]1CCCN(c2nc3ccccc3o2)C1. The van der Waals surface area contributed by atoms with Crippen molar-refractivity contribution in [2.75, 3.05) is 31.6 Å². The van der Waals surface area contributed by atoms with Crippen LogP contribution >= 0.6 is 0 Å². The number of oxazole rings is 1. The molecule has 1 atom stereocenters. The molecule has 152 valence electrons. The number of para-hydroxylation sites is 2. The van der Waals surface area contributed by atoms with Gasteiger partial charge in [0.25, 0.3) is 6.01 Å². The van der Waals surface area contributed by atoms with Crippen molar-refractivity contribution >= 4 is 23.0 Å². The van der Waals surface area contributed by atoms with Gasteiger partial charge in [-0.05, 0) is 49.4 Å². The van der Waals surface area contributed by atoms with E-state index < -0.39 is 0 Å². The number of benzene rings is 1. The Morgan fingerprint density at radius 3 is 2.93 bits per heavy atom. The van der Waals surface area contributed by atoms with Gasteiger partial charge in [-0.3, -0.25) is 9.78 Å². The molecule has 0 unspecified atom stereocenters. The van der Waals surface area contributed by atoms with E-state index in [0.29, 0.717) is 24.9 Å². The van der Waals surface area contributed by atoms with Crippen LogP contribution in [0.3, 0.4) is 0 Å². The summed E-state index contributed by atoms with van der Waals surface area (Å²) in [6.07, 6.45) is 6.34. The molecule has 0 radical (unpaired) electrons. The standard InChI is InChI=1S/C23H28N4O2/c1-26(16-13-19-8-4-5-14-24-19)22(28)12-11-18-7-6-15-27(17-18)23-25-20-9-2-3-10-21(20)29-23/h2-5,8-10,14,18H,6-7,11-13,15-17H2,1H3/t18-/m1/s1. The number of pyridine rings is 1. The minimum absolute atomic E-state index is 0.208. The number of hydrogen-bond acceptors (Lipinski definition) is 5. The number of anilines is 1. The van der Waals surface area contributed by atoms with Gasteiger partial charge in [-0.15, -0.1) is 0 Å². The van der Waals surface area contributed by atoms with E-state index in [2.05, 4.69) is 14.9 Å². The summed E-state index contributed by atoms with van der Waals surface area (Å²) in [4.78, 5) is 25.5. The predicted octanol–water partition coefficient (Wildman–Crippen LogP) is 3.92. The van der Waals surface area contributed by atoms with Crippen LogP contribution in [0.2, 0.25) is 0 Å². The maximum atomic E-state index is 12.5. The van der Waals surface area contributed by atoms with Gasteiger partial charge in [-0.2, -0.15) is 4.98 Å². The fourth-order valence-electron chi connectivity index (χ4n) is 3.94. The van der Waals surface area contributed by atoms with Crippen LogP contribution < -0.4 is 4.90 Å². The lowest BCUT2D eigenvalue weighted by Crippen LogP contribution is -2.36. The highest BCUT2D eigenvalue weighted by molar-refractivity contribution is 5.76. The van der Waals surface area contributed by atoms with Crippen LogP contribution in [0.1, 0.15) is 31.4 Å². The minimum atomic E-state index is 0.208. The number of fused-ring (bicyclic) bond motifs is 1. The van der Waals surface area contributed by atoms with Gasteiger partial charge < -0.3 is 14.2 Å². The number of aromatic nitrogens is 2. The van der Waals surface area contributed by atoms with Crippen LogP contribution in [0.5, 0.6) is 0 Å². The summed E-state index contributed by atoms with van der Waals surface area (Å²) in [5.74, 6) is 0.701. The summed E-state index contributed by atoms with van der Waals surface area (Å²) in [5, 5.41) is 0. The van der Waals surface area contributed by atoms with Gasteiger partial charge in [0.05, 0.1) is 0 Å². The fraction of sp³-hybridized carbons (Fsp3) is 0.435. The monoisotopic (exact) mass is 392 g/mol. The third-order valence-corrected chi connectivity index (χ3v) is 5.69. The first-order valence-corrected chi connectivity index (χ1v) is 10.4. The number of carbonyl (C=O) groups excluding carboxylic acids is 1. The Morgan fingerprint density at radius 2 is 2.10 bits per heavy atom. The van der Waals surface area contributed by atoms with Crippen LogP contribution in [0.4, 0.5) is 6.01 Å². The van der Waals surface area contributed by atoms with Crippen molar-refractivity contribution in [2.45, 2.75) is 32.1 Å². The third kappa shape index (κ3) is 4.94. The summed E-state index contributed by atoms with van der Waals surface area (Å²) in [6.45, 7) is 2.56. The average molecular weight is 393 g/mol. The largest absolute Gasteiger partial charge is 0.423 e. The number of hydrogen-bond donors (Lipinski definition) is 0. The smallest absolute Gasteiger partial charge is 0.298 e. The van der Waals surface area contributed by atoms with E-state index in [0.717, 1.165) is 55.6 Å². The van der Waals surface area contributed by atoms with Crippen LogP contribution in [0.25, 0.3) is 11.1 Å². The van der Waals surface area contributed by atoms with Gasteiger partial charge in [-0.1, -0.05) is 18.2 Å². The molecule has 6 nitrogen and oxygen atoms in total. The molecule has 0 N–H and O–H groups in total. The molecule has 1 aliphatic rings. The summed E-state index contributed by atoms with van der Waals surface area (Å²) in [5.41, 5.74) is 2.75. The van der Waals surface area contributed by atoms with Crippen molar-refractivity contribution in [1.82, 2.24) is 14.9 Å². The van der Waals surface area contributed by atoms with E-state index in [4.69, 9.17) is 4.42 Å². The molecule has 3 aromatic rings. The van der Waals surface area contributed by atoms with Crippen molar-refractivity contribution in [3.63, 3.8) is 0 Å². The molecule has 1 aliphatic heterocycles. The lowest BCUT2D eigenvalue weighted by atomic mass is 9.93. The van der Waals surface area contributed by atoms with Crippen LogP contribution in [0, 0.1) is 5.92 Å². The van der Waals surface area contributed by atoms with Crippen LogP contribution in [-0.2, 0) is 11.2 Å². The lowest BCUT2D eigenvalue weighted by Gasteiger charge is -2.31.